The van der Waals surface area contributed by atoms with E-state index in [1.165, 1.54) is 6.20 Å². The van der Waals surface area contributed by atoms with E-state index in [4.69, 9.17) is 0 Å². The Balaban J connectivity index is 2.18. The predicted molar refractivity (Wildman–Crippen MR) is 61.1 cm³/mol. The van der Waals surface area contributed by atoms with Crippen molar-refractivity contribution in [3.63, 3.8) is 0 Å². The Hall–Kier alpha value is -1.69. The van der Waals surface area contributed by atoms with Crippen molar-refractivity contribution in [1.29, 1.82) is 0 Å². The summed E-state index contributed by atoms with van der Waals surface area (Å²) in [6.07, 6.45) is 1.27. The van der Waals surface area contributed by atoms with Crippen molar-refractivity contribution in [2.75, 3.05) is 5.32 Å². The molecule has 1 aromatic heterocycles. The highest BCUT2D eigenvalue weighted by molar-refractivity contribution is 9.10. The molecule has 1 amide bonds. The maximum absolute atomic E-state index is 11.6. The Labute approximate surface area is 99.9 Å². The van der Waals surface area contributed by atoms with Crippen molar-refractivity contribution in [3.8, 4) is 0 Å². The molecule has 5 nitrogen and oxygen atoms in total. The lowest BCUT2D eigenvalue weighted by Crippen LogP contribution is -2.12. The lowest BCUT2D eigenvalue weighted by Gasteiger charge is -2.06. The molecule has 2 aromatic rings. The molecule has 0 aliphatic heterocycles. The summed E-state index contributed by atoms with van der Waals surface area (Å²) in [5.74, 6) is -0.341. The number of carbonyl (C=O) groups excluding carboxylic acids is 1. The third kappa shape index (κ3) is 2.27. The van der Waals surface area contributed by atoms with Gasteiger partial charge in [-0.2, -0.15) is 0 Å². The first-order valence-electron chi connectivity index (χ1n) is 4.52. The monoisotopic (exact) mass is 281 g/mol. The van der Waals surface area contributed by atoms with Crippen LogP contribution in [0.1, 0.15) is 16.1 Å². The van der Waals surface area contributed by atoms with Gasteiger partial charge in [0.1, 0.15) is 6.20 Å². The van der Waals surface area contributed by atoms with E-state index in [0.29, 0.717) is 0 Å². The summed E-state index contributed by atoms with van der Waals surface area (Å²) in [6, 6.07) is 5.57. The topological polar surface area (TPSA) is 68.0 Å². The molecule has 16 heavy (non-hydrogen) atoms. The summed E-state index contributed by atoms with van der Waals surface area (Å²) in [5.41, 5.74) is 1.85. The average molecular weight is 282 g/mol. The van der Waals surface area contributed by atoms with Gasteiger partial charge in [0.25, 0.3) is 5.91 Å². The summed E-state index contributed by atoms with van der Waals surface area (Å²) in [7, 11) is 0. The van der Waals surface area contributed by atoms with Gasteiger partial charge in [-0.15, -0.1) is 0 Å². The van der Waals surface area contributed by atoms with Gasteiger partial charge in [-0.05, 0) is 35.8 Å². The Morgan fingerprint density at radius 1 is 1.50 bits per heavy atom. The number of nitrogens with zero attached hydrogens (tertiary/aromatic N) is 2. The normalized spacial score (nSPS) is 10.1. The Bertz CT molecular complexity index is 511. The smallest absolute Gasteiger partial charge is 0.279 e. The zero-order chi connectivity index (χ0) is 11.5. The second-order valence-electron chi connectivity index (χ2n) is 3.21. The molecule has 6 heteroatoms. The van der Waals surface area contributed by atoms with E-state index in [9.17, 15) is 4.79 Å². The predicted octanol–water partition coefficient (Wildman–Crippen LogP) is 2.39. The fraction of sp³-hybridized carbons (Fsp3) is 0.100. The first-order valence-corrected chi connectivity index (χ1v) is 5.31. The third-order valence-electron chi connectivity index (χ3n) is 2.03. The number of benzene rings is 1. The number of nitrogens with one attached hydrogen (secondary N) is 1. The molecule has 0 radical (unpaired) electrons. The van der Waals surface area contributed by atoms with Crippen molar-refractivity contribution in [2.24, 2.45) is 0 Å². The molecule has 82 valence electrons. The van der Waals surface area contributed by atoms with Crippen molar-refractivity contribution < 1.29 is 9.42 Å². The summed E-state index contributed by atoms with van der Waals surface area (Å²) in [4.78, 5) is 11.6. The van der Waals surface area contributed by atoms with Crippen LogP contribution in [0.3, 0.4) is 0 Å². The van der Waals surface area contributed by atoms with E-state index in [1.54, 1.807) is 0 Å². The molecule has 0 saturated carbocycles. The molecule has 1 aromatic carbocycles. The fourth-order valence-corrected chi connectivity index (χ4v) is 1.69. The summed E-state index contributed by atoms with van der Waals surface area (Å²) < 4.78 is 5.32. The highest BCUT2D eigenvalue weighted by atomic mass is 79.9. The Morgan fingerprint density at radius 3 is 2.94 bits per heavy atom. The fourth-order valence-electron chi connectivity index (χ4n) is 1.22. The number of halogens is 1. The van der Waals surface area contributed by atoms with Crippen molar-refractivity contribution >= 4 is 27.5 Å². The van der Waals surface area contributed by atoms with Gasteiger partial charge in [0, 0.05) is 10.2 Å². The molecule has 0 atom stereocenters. The first kappa shape index (κ1) is 10.8. The van der Waals surface area contributed by atoms with E-state index in [2.05, 4.69) is 36.2 Å². The number of hydrogen-bond acceptors (Lipinski definition) is 4. The Kier molecular flexibility index (Phi) is 3.00. The van der Waals surface area contributed by atoms with Gasteiger partial charge in [0.15, 0.2) is 5.69 Å². The summed E-state index contributed by atoms with van der Waals surface area (Å²) in [6.45, 7) is 1.90. The molecule has 0 aliphatic carbocycles. The maximum atomic E-state index is 11.6. The number of carbonyl (C=O) groups is 1. The van der Waals surface area contributed by atoms with Crippen LogP contribution < -0.4 is 5.32 Å². The molecule has 2 rings (SSSR count). The van der Waals surface area contributed by atoms with Crippen LogP contribution in [0, 0.1) is 6.92 Å². The van der Waals surface area contributed by atoms with Crippen LogP contribution in [0.5, 0.6) is 0 Å². The number of rotatable bonds is 2. The van der Waals surface area contributed by atoms with Crippen molar-refractivity contribution in [3.05, 3.63) is 40.1 Å². The van der Waals surface area contributed by atoms with Crippen molar-refractivity contribution in [2.45, 2.75) is 6.92 Å². The van der Waals surface area contributed by atoms with Crippen LogP contribution >= 0.6 is 15.9 Å². The van der Waals surface area contributed by atoms with Crippen LogP contribution in [0.15, 0.2) is 33.5 Å². The van der Waals surface area contributed by atoms with E-state index in [1.807, 2.05) is 25.1 Å². The van der Waals surface area contributed by atoms with Gasteiger partial charge in [0.05, 0.1) is 0 Å². The van der Waals surface area contributed by atoms with E-state index in [0.717, 1.165) is 15.7 Å². The largest absolute Gasteiger partial charge is 0.320 e. The quantitative estimate of drug-likeness (QED) is 0.918. The van der Waals surface area contributed by atoms with Crippen LogP contribution in [0.25, 0.3) is 0 Å². The lowest BCUT2D eigenvalue weighted by molar-refractivity contribution is 0.101. The molecular formula is C10H8BrN3O2. The minimum absolute atomic E-state index is 0.155. The first-order chi connectivity index (χ1) is 7.66. The zero-order valence-electron chi connectivity index (χ0n) is 8.40. The minimum atomic E-state index is -0.341. The number of aryl methyl sites for hydroxylation is 1. The number of hydrogen-bond donors (Lipinski definition) is 1. The lowest BCUT2D eigenvalue weighted by atomic mass is 10.2. The minimum Gasteiger partial charge on any atom is -0.320 e. The van der Waals surface area contributed by atoms with Gasteiger partial charge < -0.3 is 5.32 Å². The van der Waals surface area contributed by atoms with Crippen LogP contribution in [-0.2, 0) is 0 Å². The summed E-state index contributed by atoms with van der Waals surface area (Å²) in [5, 5.41) is 9.54. The second-order valence-corrected chi connectivity index (χ2v) is 4.12. The summed E-state index contributed by atoms with van der Waals surface area (Å²) >= 11 is 3.35. The molecule has 1 N–H and O–H groups in total. The SMILES string of the molecule is Cc1cc(Br)ccc1NC(=O)c1cnon1. The molecule has 1 heterocycles. The molecule has 0 spiro atoms. The molecule has 0 unspecified atom stereocenters. The highest BCUT2D eigenvalue weighted by Crippen LogP contribution is 2.20. The molecular weight excluding hydrogens is 274 g/mol. The highest BCUT2D eigenvalue weighted by Gasteiger charge is 2.11. The van der Waals surface area contributed by atoms with Crippen LogP contribution in [-0.4, -0.2) is 16.2 Å². The molecule has 0 bridgehead atoms. The third-order valence-corrected chi connectivity index (χ3v) is 2.52. The van der Waals surface area contributed by atoms with Gasteiger partial charge in [-0.3, -0.25) is 4.79 Å². The molecule has 0 fully saturated rings. The van der Waals surface area contributed by atoms with E-state index in [-0.39, 0.29) is 11.6 Å². The van der Waals surface area contributed by atoms with Crippen LogP contribution in [0.4, 0.5) is 5.69 Å². The Morgan fingerprint density at radius 2 is 2.31 bits per heavy atom. The van der Waals surface area contributed by atoms with Gasteiger partial charge in [-0.25, -0.2) is 4.63 Å². The molecule has 0 aliphatic rings. The molecule has 0 saturated heterocycles. The van der Waals surface area contributed by atoms with E-state index < -0.39 is 0 Å². The van der Waals surface area contributed by atoms with Gasteiger partial charge in [-0.1, -0.05) is 21.1 Å². The van der Waals surface area contributed by atoms with Crippen LogP contribution in [0.2, 0.25) is 0 Å². The standard InChI is InChI=1S/C10H8BrN3O2/c1-6-4-7(11)2-3-8(6)13-10(15)9-5-12-16-14-9/h2-5H,1H3,(H,13,15). The average Bonchev–Trinajstić information content (AvgIpc) is 2.75. The number of amides is 1. The van der Waals surface area contributed by atoms with E-state index >= 15 is 0 Å². The van der Waals surface area contributed by atoms with Gasteiger partial charge >= 0.3 is 0 Å². The maximum Gasteiger partial charge on any atom is 0.279 e. The van der Waals surface area contributed by atoms with Crippen molar-refractivity contribution in [1.82, 2.24) is 10.3 Å². The second kappa shape index (κ2) is 4.44. The number of aromatic nitrogens is 2. The van der Waals surface area contributed by atoms with Gasteiger partial charge in [0.2, 0.25) is 0 Å². The number of anilines is 1. The zero-order valence-corrected chi connectivity index (χ0v) is 9.98.